The lowest BCUT2D eigenvalue weighted by Gasteiger charge is -2.16. The highest BCUT2D eigenvalue weighted by atomic mass is 16.2. The molecular formula is C18H20N2O3. The van der Waals surface area contributed by atoms with Crippen molar-refractivity contribution in [2.24, 2.45) is 11.8 Å². The molecule has 0 unspecified atom stereocenters. The molecule has 1 aliphatic heterocycles. The number of nitrogens with zero attached hydrogens (tertiary/aromatic N) is 1. The predicted octanol–water partition coefficient (Wildman–Crippen LogP) is 2.19. The summed E-state index contributed by atoms with van der Waals surface area (Å²) in [5.41, 5.74) is 2.65. The Balaban J connectivity index is 1.71. The quantitative estimate of drug-likeness (QED) is 0.687. The predicted molar refractivity (Wildman–Crippen MR) is 86.6 cm³/mol. The summed E-state index contributed by atoms with van der Waals surface area (Å²) in [5, 5.41) is 2.83. The van der Waals surface area contributed by atoms with E-state index in [9.17, 15) is 14.4 Å². The first-order chi connectivity index (χ1) is 11.0. The van der Waals surface area contributed by atoms with E-state index >= 15 is 0 Å². The Hall–Kier alpha value is -2.43. The van der Waals surface area contributed by atoms with Gasteiger partial charge in [-0.05, 0) is 37.8 Å². The van der Waals surface area contributed by atoms with Crippen molar-refractivity contribution in [3.05, 3.63) is 41.5 Å². The van der Waals surface area contributed by atoms with Crippen LogP contribution in [0.4, 0.5) is 5.69 Å². The van der Waals surface area contributed by atoms with Crippen LogP contribution in [0.2, 0.25) is 0 Å². The molecule has 1 aromatic carbocycles. The number of benzene rings is 1. The van der Waals surface area contributed by atoms with E-state index in [0.29, 0.717) is 12.8 Å². The summed E-state index contributed by atoms with van der Waals surface area (Å²) in [6, 6.07) is 5.75. The maximum absolute atomic E-state index is 12.4. The maximum Gasteiger partial charge on any atom is 0.244 e. The Kier molecular flexibility index (Phi) is 4.03. The minimum absolute atomic E-state index is 0.210. The second kappa shape index (κ2) is 5.99. The van der Waals surface area contributed by atoms with Gasteiger partial charge in [0, 0.05) is 5.69 Å². The summed E-state index contributed by atoms with van der Waals surface area (Å²) in [5.74, 6) is -1.36. The fraction of sp³-hybridized carbons (Fsp3) is 0.389. The van der Waals surface area contributed by atoms with E-state index in [2.05, 4.69) is 5.32 Å². The molecule has 0 radical (unpaired) electrons. The number of nitrogens with one attached hydrogen (secondary N) is 1. The molecule has 0 bridgehead atoms. The van der Waals surface area contributed by atoms with Crippen LogP contribution in [0.25, 0.3) is 0 Å². The number of hydrogen-bond donors (Lipinski definition) is 1. The van der Waals surface area contributed by atoms with Crippen LogP contribution < -0.4 is 5.32 Å². The molecule has 23 heavy (non-hydrogen) atoms. The topological polar surface area (TPSA) is 66.5 Å². The van der Waals surface area contributed by atoms with Crippen molar-refractivity contribution in [1.82, 2.24) is 4.90 Å². The highest BCUT2D eigenvalue weighted by Gasteiger charge is 2.47. The number of carbonyl (C=O) groups is 3. The van der Waals surface area contributed by atoms with Crippen LogP contribution in [-0.2, 0) is 14.4 Å². The molecule has 3 amide bonds. The Bertz CT molecular complexity index is 662. The van der Waals surface area contributed by atoms with E-state index in [-0.39, 0.29) is 36.1 Å². The Morgan fingerprint density at radius 2 is 1.61 bits per heavy atom. The number of fused-ring (bicyclic) bond motifs is 1. The molecule has 1 heterocycles. The summed E-state index contributed by atoms with van der Waals surface area (Å²) in [7, 11) is 0. The number of para-hydroxylation sites is 1. The van der Waals surface area contributed by atoms with Gasteiger partial charge in [0.15, 0.2) is 0 Å². The Morgan fingerprint density at radius 3 is 2.13 bits per heavy atom. The Morgan fingerprint density at radius 1 is 1.09 bits per heavy atom. The third kappa shape index (κ3) is 2.79. The van der Waals surface area contributed by atoms with E-state index in [4.69, 9.17) is 0 Å². The monoisotopic (exact) mass is 312 g/mol. The van der Waals surface area contributed by atoms with Gasteiger partial charge in [0.05, 0.1) is 11.8 Å². The third-order valence-corrected chi connectivity index (χ3v) is 4.65. The molecule has 120 valence electrons. The minimum atomic E-state index is -0.337. The largest absolute Gasteiger partial charge is 0.324 e. The molecule has 1 saturated heterocycles. The van der Waals surface area contributed by atoms with Crippen LogP contribution in [0.15, 0.2) is 30.4 Å². The lowest BCUT2D eigenvalue weighted by Crippen LogP contribution is -2.38. The van der Waals surface area contributed by atoms with Crippen molar-refractivity contribution in [3.63, 3.8) is 0 Å². The lowest BCUT2D eigenvalue weighted by molar-refractivity contribution is -0.142. The summed E-state index contributed by atoms with van der Waals surface area (Å²) in [4.78, 5) is 38.1. The first-order valence-electron chi connectivity index (χ1n) is 7.85. The molecule has 3 rings (SSSR count). The molecule has 1 N–H and O–H groups in total. The van der Waals surface area contributed by atoms with Crippen molar-refractivity contribution in [2.75, 3.05) is 11.9 Å². The zero-order valence-corrected chi connectivity index (χ0v) is 13.3. The van der Waals surface area contributed by atoms with Crippen LogP contribution in [0.1, 0.15) is 24.0 Å². The average Bonchev–Trinajstić information content (AvgIpc) is 2.77. The van der Waals surface area contributed by atoms with Crippen LogP contribution in [0.5, 0.6) is 0 Å². The molecular weight excluding hydrogens is 292 g/mol. The van der Waals surface area contributed by atoms with Gasteiger partial charge < -0.3 is 5.32 Å². The van der Waals surface area contributed by atoms with Gasteiger partial charge in [-0.3, -0.25) is 19.3 Å². The van der Waals surface area contributed by atoms with E-state index in [1.807, 2.05) is 44.2 Å². The molecule has 5 nitrogen and oxygen atoms in total. The Labute approximate surface area is 135 Å². The molecule has 0 aromatic heterocycles. The van der Waals surface area contributed by atoms with Crippen LogP contribution in [0, 0.1) is 25.7 Å². The van der Waals surface area contributed by atoms with Crippen molar-refractivity contribution < 1.29 is 14.4 Å². The van der Waals surface area contributed by atoms with Gasteiger partial charge >= 0.3 is 0 Å². The minimum Gasteiger partial charge on any atom is -0.324 e. The summed E-state index contributed by atoms with van der Waals surface area (Å²) in [6.07, 6.45) is 5.05. The third-order valence-electron chi connectivity index (χ3n) is 4.65. The van der Waals surface area contributed by atoms with Crippen LogP contribution in [0.3, 0.4) is 0 Å². The second-order valence-corrected chi connectivity index (χ2v) is 6.23. The number of allylic oxidation sites excluding steroid dienone is 2. The standard InChI is InChI=1S/C18H20N2O3/c1-11-6-5-7-12(2)16(11)19-15(21)10-20-17(22)13-8-3-4-9-14(13)18(20)23/h3-7,13-14H,8-10H2,1-2H3,(H,19,21)/t13-,14+. The van der Waals surface area contributed by atoms with Crippen molar-refractivity contribution in [3.8, 4) is 0 Å². The van der Waals surface area contributed by atoms with Gasteiger partial charge in [-0.2, -0.15) is 0 Å². The van der Waals surface area contributed by atoms with E-state index in [0.717, 1.165) is 21.7 Å². The lowest BCUT2D eigenvalue weighted by atomic mass is 9.85. The number of imide groups is 1. The first kappa shape index (κ1) is 15.5. The number of hydrogen-bond acceptors (Lipinski definition) is 3. The van der Waals surface area contributed by atoms with Crippen molar-refractivity contribution in [1.29, 1.82) is 0 Å². The first-order valence-corrected chi connectivity index (χ1v) is 7.85. The van der Waals surface area contributed by atoms with Gasteiger partial charge in [0.25, 0.3) is 0 Å². The number of rotatable bonds is 3. The summed E-state index contributed by atoms with van der Waals surface area (Å²) < 4.78 is 0. The fourth-order valence-corrected chi connectivity index (χ4v) is 3.36. The molecule has 5 heteroatoms. The molecule has 1 aromatic rings. The highest BCUT2D eigenvalue weighted by molar-refractivity contribution is 6.09. The zero-order chi connectivity index (χ0) is 16.6. The number of likely N-dealkylation sites (tertiary alicyclic amines) is 1. The molecule has 1 aliphatic carbocycles. The van der Waals surface area contributed by atoms with E-state index in [1.165, 1.54) is 0 Å². The number of amides is 3. The van der Waals surface area contributed by atoms with Gasteiger partial charge in [-0.1, -0.05) is 30.4 Å². The highest BCUT2D eigenvalue weighted by Crippen LogP contribution is 2.34. The normalized spacial score (nSPS) is 23.1. The van der Waals surface area contributed by atoms with Crippen LogP contribution in [-0.4, -0.2) is 29.2 Å². The average molecular weight is 312 g/mol. The number of carbonyl (C=O) groups excluding carboxylic acids is 3. The van der Waals surface area contributed by atoms with Gasteiger partial charge in [-0.15, -0.1) is 0 Å². The molecule has 1 fully saturated rings. The van der Waals surface area contributed by atoms with E-state index < -0.39 is 0 Å². The smallest absolute Gasteiger partial charge is 0.244 e. The maximum atomic E-state index is 12.4. The van der Waals surface area contributed by atoms with Crippen LogP contribution >= 0.6 is 0 Å². The van der Waals surface area contributed by atoms with Gasteiger partial charge in [0.1, 0.15) is 6.54 Å². The molecule has 0 saturated carbocycles. The van der Waals surface area contributed by atoms with Gasteiger partial charge in [0.2, 0.25) is 17.7 Å². The molecule has 2 atom stereocenters. The number of anilines is 1. The fourth-order valence-electron chi connectivity index (χ4n) is 3.36. The zero-order valence-electron chi connectivity index (χ0n) is 13.3. The van der Waals surface area contributed by atoms with Gasteiger partial charge in [-0.25, -0.2) is 0 Å². The molecule has 2 aliphatic rings. The van der Waals surface area contributed by atoms with Crippen molar-refractivity contribution >= 4 is 23.4 Å². The summed E-state index contributed by atoms with van der Waals surface area (Å²) in [6.45, 7) is 3.61. The number of aryl methyl sites for hydroxylation is 2. The SMILES string of the molecule is Cc1cccc(C)c1NC(=O)CN1C(=O)[C@H]2CC=CC[C@H]2C1=O. The summed E-state index contributed by atoms with van der Waals surface area (Å²) >= 11 is 0. The van der Waals surface area contributed by atoms with E-state index in [1.54, 1.807) is 0 Å². The second-order valence-electron chi connectivity index (χ2n) is 6.23. The molecule has 0 spiro atoms. The van der Waals surface area contributed by atoms with Crippen molar-refractivity contribution in [2.45, 2.75) is 26.7 Å².